The van der Waals surface area contributed by atoms with Crippen molar-refractivity contribution < 1.29 is 9.53 Å². The fourth-order valence-corrected chi connectivity index (χ4v) is 2.12. The fraction of sp³-hybridized carbons (Fsp3) is 0.462. The Hall–Kier alpha value is -1.31. The average molecular weight is 204 g/mol. The van der Waals surface area contributed by atoms with E-state index in [1.165, 1.54) is 5.56 Å². The van der Waals surface area contributed by atoms with Crippen molar-refractivity contribution in [1.29, 1.82) is 0 Å². The predicted molar refractivity (Wildman–Crippen MR) is 59.1 cm³/mol. The van der Waals surface area contributed by atoms with E-state index in [2.05, 4.69) is 12.1 Å². The number of ether oxygens (including phenoxy) is 1. The Labute approximate surface area is 90.3 Å². The molecular formula is C13H16O2. The smallest absolute Gasteiger partial charge is 0.132 e. The lowest BCUT2D eigenvalue weighted by Crippen LogP contribution is -2.27. The van der Waals surface area contributed by atoms with E-state index in [1.807, 2.05) is 12.1 Å². The first-order valence-electron chi connectivity index (χ1n) is 5.35. The Kier molecular flexibility index (Phi) is 2.76. The second-order valence-corrected chi connectivity index (χ2v) is 4.25. The third-order valence-corrected chi connectivity index (χ3v) is 3.28. The van der Waals surface area contributed by atoms with E-state index >= 15 is 0 Å². The van der Waals surface area contributed by atoms with E-state index in [-0.39, 0.29) is 0 Å². The molecule has 2 heteroatoms. The minimum Gasteiger partial charge on any atom is -0.497 e. The van der Waals surface area contributed by atoms with Gasteiger partial charge >= 0.3 is 0 Å². The molecular weight excluding hydrogens is 188 g/mol. The number of methoxy groups -OCH3 is 1. The van der Waals surface area contributed by atoms with Crippen LogP contribution in [0.15, 0.2) is 24.3 Å². The molecule has 1 saturated carbocycles. The average Bonchev–Trinajstić information content (AvgIpc) is 2.15. The Morgan fingerprint density at radius 1 is 1.40 bits per heavy atom. The maximum atomic E-state index is 11.1. The molecule has 1 aliphatic rings. The summed E-state index contributed by atoms with van der Waals surface area (Å²) >= 11 is 0. The Bertz CT molecular complexity index is 365. The molecule has 15 heavy (non-hydrogen) atoms. The number of rotatable bonds is 3. The van der Waals surface area contributed by atoms with Crippen molar-refractivity contribution in [1.82, 2.24) is 0 Å². The van der Waals surface area contributed by atoms with Gasteiger partial charge in [0.2, 0.25) is 0 Å². The van der Waals surface area contributed by atoms with E-state index in [1.54, 1.807) is 14.0 Å². The van der Waals surface area contributed by atoms with Crippen molar-refractivity contribution >= 4 is 5.78 Å². The van der Waals surface area contributed by atoms with Crippen LogP contribution in [0.25, 0.3) is 0 Å². The van der Waals surface area contributed by atoms with Crippen LogP contribution in [0.5, 0.6) is 5.75 Å². The first-order valence-corrected chi connectivity index (χ1v) is 5.35. The summed E-state index contributed by atoms with van der Waals surface area (Å²) in [5.41, 5.74) is 1.30. The van der Waals surface area contributed by atoms with Crippen molar-refractivity contribution in [3.05, 3.63) is 29.8 Å². The van der Waals surface area contributed by atoms with Crippen LogP contribution in [0.4, 0.5) is 0 Å². The minimum absolute atomic E-state index is 0.293. The highest BCUT2D eigenvalue weighted by Crippen LogP contribution is 2.42. The topological polar surface area (TPSA) is 26.3 Å². The number of hydrogen-bond acceptors (Lipinski definition) is 2. The fourth-order valence-electron chi connectivity index (χ4n) is 2.12. The van der Waals surface area contributed by atoms with Crippen LogP contribution in [-0.2, 0) is 4.79 Å². The molecule has 1 fully saturated rings. The lowest BCUT2D eigenvalue weighted by Gasteiger charge is -2.34. The Morgan fingerprint density at radius 2 is 2.13 bits per heavy atom. The number of carbonyl (C=O) groups excluding carboxylic acids is 1. The van der Waals surface area contributed by atoms with Crippen LogP contribution in [0.3, 0.4) is 0 Å². The zero-order chi connectivity index (χ0) is 10.8. The molecule has 1 aromatic rings. The van der Waals surface area contributed by atoms with E-state index in [0.717, 1.165) is 18.6 Å². The molecule has 2 rings (SSSR count). The van der Waals surface area contributed by atoms with Gasteiger partial charge in [0.05, 0.1) is 7.11 Å². The van der Waals surface area contributed by atoms with Gasteiger partial charge in [-0.2, -0.15) is 0 Å². The van der Waals surface area contributed by atoms with E-state index in [0.29, 0.717) is 17.6 Å². The van der Waals surface area contributed by atoms with Gasteiger partial charge in [-0.15, -0.1) is 0 Å². The Morgan fingerprint density at radius 3 is 2.73 bits per heavy atom. The third-order valence-electron chi connectivity index (χ3n) is 3.28. The summed E-state index contributed by atoms with van der Waals surface area (Å²) < 4.78 is 5.18. The van der Waals surface area contributed by atoms with Crippen LogP contribution < -0.4 is 4.74 Å². The van der Waals surface area contributed by atoms with Crippen molar-refractivity contribution in [3.63, 3.8) is 0 Å². The number of benzene rings is 1. The van der Waals surface area contributed by atoms with Gasteiger partial charge in [-0.1, -0.05) is 12.1 Å². The highest BCUT2D eigenvalue weighted by Gasteiger charge is 2.33. The van der Waals surface area contributed by atoms with Crippen LogP contribution in [0, 0.1) is 5.92 Å². The van der Waals surface area contributed by atoms with Gasteiger partial charge in [0, 0.05) is 5.92 Å². The second kappa shape index (κ2) is 4.05. The van der Waals surface area contributed by atoms with Crippen LogP contribution in [0.1, 0.15) is 31.2 Å². The zero-order valence-electron chi connectivity index (χ0n) is 9.19. The van der Waals surface area contributed by atoms with Gasteiger partial charge in [-0.05, 0) is 43.4 Å². The standard InChI is InChI=1S/C13H16O2/c1-9(14)11-6-12(7-11)10-4-3-5-13(8-10)15-2/h3-5,8,11-12H,6-7H2,1-2H3. The largest absolute Gasteiger partial charge is 0.497 e. The molecule has 0 saturated heterocycles. The molecule has 0 amide bonds. The monoisotopic (exact) mass is 204 g/mol. The molecule has 1 aliphatic carbocycles. The summed E-state index contributed by atoms with van der Waals surface area (Å²) in [5, 5.41) is 0. The van der Waals surface area contributed by atoms with E-state index in [9.17, 15) is 4.79 Å². The predicted octanol–water partition coefficient (Wildman–Crippen LogP) is 2.78. The van der Waals surface area contributed by atoms with Crippen molar-refractivity contribution in [2.45, 2.75) is 25.7 Å². The normalized spacial score (nSPS) is 24.4. The number of ketones is 1. The van der Waals surface area contributed by atoms with Gasteiger partial charge in [0.25, 0.3) is 0 Å². The summed E-state index contributed by atoms with van der Waals surface area (Å²) in [5.74, 6) is 2.07. The van der Waals surface area contributed by atoms with E-state index in [4.69, 9.17) is 4.74 Å². The summed E-state index contributed by atoms with van der Waals surface area (Å²) in [6.45, 7) is 1.69. The van der Waals surface area contributed by atoms with Gasteiger partial charge in [0.1, 0.15) is 11.5 Å². The zero-order valence-corrected chi connectivity index (χ0v) is 9.19. The highest BCUT2D eigenvalue weighted by molar-refractivity contribution is 5.79. The van der Waals surface area contributed by atoms with Gasteiger partial charge in [-0.25, -0.2) is 0 Å². The first kappa shape index (κ1) is 10.2. The summed E-state index contributed by atoms with van der Waals surface area (Å²) in [6, 6.07) is 8.14. The molecule has 0 radical (unpaired) electrons. The molecule has 2 nitrogen and oxygen atoms in total. The minimum atomic E-state index is 0.293. The maximum Gasteiger partial charge on any atom is 0.132 e. The second-order valence-electron chi connectivity index (χ2n) is 4.25. The summed E-state index contributed by atoms with van der Waals surface area (Å²) in [7, 11) is 1.68. The van der Waals surface area contributed by atoms with Crippen molar-refractivity contribution in [2.75, 3.05) is 7.11 Å². The molecule has 0 unspecified atom stereocenters. The molecule has 80 valence electrons. The lowest BCUT2D eigenvalue weighted by atomic mass is 9.70. The van der Waals surface area contributed by atoms with Crippen LogP contribution in [0.2, 0.25) is 0 Å². The van der Waals surface area contributed by atoms with Gasteiger partial charge in [-0.3, -0.25) is 4.79 Å². The van der Waals surface area contributed by atoms with Gasteiger partial charge < -0.3 is 4.74 Å². The Balaban J connectivity index is 2.03. The molecule has 0 aromatic heterocycles. The number of hydrogen-bond donors (Lipinski definition) is 0. The maximum absolute atomic E-state index is 11.1. The SMILES string of the molecule is COc1cccc(C2CC(C(C)=O)C2)c1. The van der Waals surface area contributed by atoms with Crippen molar-refractivity contribution in [2.24, 2.45) is 5.92 Å². The molecule has 1 aromatic carbocycles. The first-order chi connectivity index (χ1) is 7.20. The molecule has 0 aliphatic heterocycles. The van der Waals surface area contributed by atoms with Crippen molar-refractivity contribution in [3.8, 4) is 5.75 Å². The third kappa shape index (κ3) is 2.04. The summed E-state index contributed by atoms with van der Waals surface area (Å²) in [4.78, 5) is 11.1. The molecule has 0 heterocycles. The molecule has 0 atom stereocenters. The van der Waals surface area contributed by atoms with Crippen LogP contribution in [-0.4, -0.2) is 12.9 Å². The summed E-state index contributed by atoms with van der Waals surface area (Å²) in [6.07, 6.45) is 2.00. The van der Waals surface area contributed by atoms with E-state index < -0.39 is 0 Å². The highest BCUT2D eigenvalue weighted by atomic mass is 16.5. The number of carbonyl (C=O) groups is 1. The van der Waals surface area contributed by atoms with Crippen LogP contribution >= 0.6 is 0 Å². The molecule has 0 spiro atoms. The quantitative estimate of drug-likeness (QED) is 0.756. The number of Topliss-reactive ketones (excluding diaryl/α,β-unsaturated/α-hetero) is 1. The van der Waals surface area contributed by atoms with Gasteiger partial charge in [0.15, 0.2) is 0 Å². The molecule has 0 N–H and O–H groups in total. The molecule has 0 bridgehead atoms. The lowest BCUT2D eigenvalue weighted by molar-refractivity contribution is -0.123.